The van der Waals surface area contributed by atoms with Crippen molar-refractivity contribution in [3.8, 4) is 0 Å². The lowest BCUT2D eigenvalue weighted by molar-refractivity contribution is -0.384. The van der Waals surface area contributed by atoms with Gasteiger partial charge < -0.3 is 0 Å². The molecule has 2 aromatic rings. The van der Waals surface area contributed by atoms with Gasteiger partial charge in [-0.15, -0.1) is 0 Å². The van der Waals surface area contributed by atoms with Crippen LogP contribution in [-0.4, -0.2) is 10.8 Å². The summed E-state index contributed by atoms with van der Waals surface area (Å²) in [5, 5.41) is 10.7. The van der Waals surface area contributed by atoms with Gasteiger partial charge in [0, 0.05) is 24.0 Å². The third kappa shape index (κ3) is 1.95. The van der Waals surface area contributed by atoms with Crippen molar-refractivity contribution in [2.24, 2.45) is 0 Å². The molecule has 0 saturated heterocycles. The molecule has 0 N–H and O–H groups in total. The highest BCUT2D eigenvalue weighted by Crippen LogP contribution is 2.32. The van der Waals surface area contributed by atoms with E-state index in [1.807, 2.05) is 30.3 Å². The molecule has 5 nitrogen and oxygen atoms in total. The van der Waals surface area contributed by atoms with Gasteiger partial charge in [-0.2, -0.15) is 0 Å². The lowest BCUT2D eigenvalue weighted by atomic mass is 9.99. The van der Waals surface area contributed by atoms with E-state index in [-0.39, 0.29) is 11.6 Å². The van der Waals surface area contributed by atoms with Gasteiger partial charge in [-0.3, -0.25) is 19.8 Å². The van der Waals surface area contributed by atoms with Gasteiger partial charge in [0.05, 0.1) is 10.5 Å². The number of carbonyl (C=O) groups excluding carboxylic acids is 1. The summed E-state index contributed by atoms with van der Waals surface area (Å²) in [6.07, 6.45) is 1.69. The average molecular weight is 266 g/mol. The maximum absolute atomic E-state index is 12.1. The first kappa shape index (κ1) is 12.1. The molecule has 1 amide bonds. The van der Waals surface area contributed by atoms with Crippen LogP contribution in [0.4, 0.5) is 11.4 Å². The molecule has 0 atom stereocenters. The molecule has 3 rings (SSSR count). The van der Waals surface area contributed by atoms with Crippen LogP contribution in [-0.2, 0) is 4.79 Å². The van der Waals surface area contributed by atoms with Crippen LogP contribution in [0.2, 0.25) is 0 Å². The maximum atomic E-state index is 12.1. The fraction of sp³-hybridized carbons (Fsp3) is 0. The molecular weight excluding hydrogens is 256 g/mol. The zero-order valence-electron chi connectivity index (χ0n) is 10.4. The van der Waals surface area contributed by atoms with E-state index in [4.69, 9.17) is 0 Å². The smallest absolute Gasteiger partial charge is 0.270 e. The Morgan fingerprint density at radius 1 is 1.00 bits per heavy atom. The summed E-state index contributed by atoms with van der Waals surface area (Å²) in [5.41, 5.74) is 1.81. The quantitative estimate of drug-likeness (QED) is 0.633. The van der Waals surface area contributed by atoms with E-state index in [0.717, 1.165) is 5.69 Å². The van der Waals surface area contributed by atoms with E-state index in [2.05, 4.69) is 0 Å². The zero-order chi connectivity index (χ0) is 14.1. The summed E-state index contributed by atoms with van der Waals surface area (Å²) < 4.78 is 0. The second kappa shape index (κ2) is 4.62. The van der Waals surface area contributed by atoms with E-state index in [9.17, 15) is 14.9 Å². The Kier molecular flexibility index (Phi) is 2.80. The zero-order valence-corrected chi connectivity index (χ0v) is 10.4. The molecule has 1 aliphatic rings. The predicted octanol–water partition coefficient (Wildman–Crippen LogP) is 2.98. The fourth-order valence-electron chi connectivity index (χ4n) is 2.07. The van der Waals surface area contributed by atoms with Crippen LogP contribution < -0.4 is 4.90 Å². The van der Waals surface area contributed by atoms with Crippen LogP contribution in [0.1, 0.15) is 5.56 Å². The van der Waals surface area contributed by atoms with Gasteiger partial charge in [-0.25, -0.2) is 0 Å². The van der Waals surface area contributed by atoms with E-state index < -0.39 is 4.92 Å². The first-order valence-electron chi connectivity index (χ1n) is 6.02. The summed E-state index contributed by atoms with van der Waals surface area (Å²) in [4.78, 5) is 23.9. The summed E-state index contributed by atoms with van der Waals surface area (Å²) >= 11 is 0. The topological polar surface area (TPSA) is 63.4 Å². The molecule has 2 aromatic carbocycles. The minimum atomic E-state index is -0.470. The van der Waals surface area contributed by atoms with Crippen LogP contribution in [0.5, 0.6) is 0 Å². The second-order valence-electron chi connectivity index (χ2n) is 4.36. The normalized spacial score (nSPS) is 13.7. The highest BCUT2D eigenvalue weighted by atomic mass is 16.6. The minimum absolute atomic E-state index is 0.0191. The number of nitro groups is 1. The molecule has 0 aromatic heterocycles. The van der Waals surface area contributed by atoms with Crippen molar-refractivity contribution >= 4 is 22.9 Å². The highest BCUT2D eigenvalue weighted by molar-refractivity contribution is 6.34. The van der Waals surface area contributed by atoms with E-state index in [1.54, 1.807) is 18.3 Å². The molecule has 0 spiro atoms. The molecular formula is C15H10N2O3. The molecule has 20 heavy (non-hydrogen) atoms. The fourth-order valence-corrected chi connectivity index (χ4v) is 2.07. The average Bonchev–Trinajstić information content (AvgIpc) is 2.47. The maximum Gasteiger partial charge on any atom is 0.270 e. The Morgan fingerprint density at radius 3 is 2.40 bits per heavy atom. The third-order valence-electron chi connectivity index (χ3n) is 3.11. The molecule has 0 aliphatic carbocycles. The third-order valence-corrected chi connectivity index (χ3v) is 3.11. The highest BCUT2D eigenvalue weighted by Gasteiger charge is 2.29. The van der Waals surface area contributed by atoms with Crippen molar-refractivity contribution in [2.75, 3.05) is 4.90 Å². The van der Waals surface area contributed by atoms with Gasteiger partial charge in [0.2, 0.25) is 0 Å². The van der Waals surface area contributed by atoms with E-state index >= 15 is 0 Å². The van der Waals surface area contributed by atoms with Gasteiger partial charge in [-0.05, 0) is 17.7 Å². The Morgan fingerprint density at radius 2 is 1.75 bits per heavy atom. The van der Waals surface area contributed by atoms with Crippen LogP contribution in [0, 0.1) is 10.1 Å². The van der Waals surface area contributed by atoms with Crippen molar-refractivity contribution in [2.45, 2.75) is 0 Å². The van der Waals surface area contributed by atoms with Gasteiger partial charge in [0.15, 0.2) is 0 Å². The Hall–Kier alpha value is -2.95. The second-order valence-corrected chi connectivity index (χ2v) is 4.36. The lowest BCUT2D eigenvalue weighted by Gasteiger charge is -2.29. The largest absolute Gasteiger partial charge is 0.283 e. The van der Waals surface area contributed by atoms with Crippen molar-refractivity contribution in [1.29, 1.82) is 0 Å². The number of amides is 1. The van der Waals surface area contributed by atoms with Gasteiger partial charge in [0.25, 0.3) is 11.6 Å². The van der Waals surface area contributed by atoms with Crippen molar-refractivity contribution in [3.63, 3.8) is 0 Å². The number of rotatable bonds is 3. The molecule has 98 valence electrons. The van der Waals surface area contributed by atoms with Crippen LogP contribution >= 0.6 is 0 Å². The number of para-hydroxylation sites is 1. The summed E-state index contributed by atoms with van der Waals surface area (Å²) in [5.74, 6) is -0.156. The predicted molar refractivity (Wildman–Crippen MR) is 75.0 cm³/mol. The van der Waals surface area contributed by atoms with Crippen LogP contribution in [0.3, 0.4) is 0 Å². The van der Waals surface area contributed by atoms with Crippen molar-refractivity contribution in [3.05, 3.63) is 76.5 Å². The first-order chi connectivity index (χ1) is 9.66. The van der Waals surface area contributed by atoms with Crippen molar-refractivity contribution in [1.82, 2.24) is 0 Å². The number of hydrogen-bond donors (Lipinski definition) is 0. The van der Waals surface area contributed by atoms with Crippen LogP contribution in [0.25, 0.3) is 5.57 Å². The summed E-state index contributed by atoms with van der Waals surface area (Å²) in [7, 11) is 0. The van der Waals surface area contributed by atoms with Crippen molar-refractivity contribution < 1.29 is 9.72 Å². The summed E-state index contributed by atoms with van der Waals surface area (Å²) in [6, 6.07) is 15.3. The Bertz CT molecular complexity index is 723. The number of nitro benzene ring substituents is 1. The lowest BCUT2D eigenvalue weighted by Crippen LogP contribution is -2.35. The number of non-ortho nitro benzene ring substituents is 1. The monoisotopic (exact) mass is 266 g/mol. The number of benzene rings is 2. The van der Waals surface area contributed by atoms with E-state index in [0.29, 0.717) is 11.1 Å². The molecule has 0 unspecified atom stereocenters. The molecule has 1 heterocycles. The minimum Gasteiger partial charge on any atom is -0.283 e. The Labute approximate surface area is 114 Å². The summed E-state index contributed by atoms with van der Waals surface area (Å²) in [6.45, 7) is 0. The first-order valence-corrected chi connectivity index (χ1v) is 6.02. The molecule has 5 heteroatoms. The number of hydrogen-bond acceptors (Lipinski definition) is 3. The standard InChI is InChI=1S/C15H10N2O3/c18-15-14(10-16(15)12-6-2-1-3-7-12)11-5-4-8-13(9-11)17(19)20/h1-10H. The number of anilines is 1. The molecule has 0 bridgehead atoms. The van der Waals surface area contributed by atoms with Gasteiger partial charge in [0.1, 0.15) is 0 Å². The van der Waals surface area contributed by atoms with Gasteiger partial charge >= 0.3 is 0 Å². The van der Waals surface area contributed by atoms with E-state index in [1.165, 1.54) is 17.0 Å². The molecule has 1 aliphatic heterocycles. The molecule has 0 saturated carbocycles. The molecule has 0 radical (unpaired) electrons. The number of carbonyl (C=O) groups is 1. The van der Waals surface area contributed by atoms with Crippen LogP contribution in [0.15, 0.2) is 60.8 Å². The SMILES string of the molecule is O=C1C(c2cccc([N+](=O)[O-])c2)=CN1c1ccccc1. The Balaban J connectivity index is 1.92. The van der Waals surface area contributed by atoms with Gasteiger partial charge in [-0.1, -0.05) is 30.3 Å². The molecule has 0 fully saturated rings. The number of nitrogens with zero attached hydrogens (tertiary/aromatic N) is 2.